The maximum atomic E-state index is 10.8. The van der Waals surface area contributed by atoms with Gasteiger partial charge in [0.05, 0.1) is 23.3 Å². The Bertz CT molecular complexity index is 477. The van der Waals surface area contributed by atoms with Gasteiger partial charge in [0.1, 0.15) is 0 Å². The Morgan fingerprint density at radius 2 is 2.38 bits per heavy atom. The zero-order valence-corrected chi connectivity index (χ0v) is 9.75. The molecular weight excluding hydrogens is 228 g/mol. The predicted octanol–water partition coefficient (Wildman–Crippen LogP) is 1.59. The van der Waals surface area contributed by atoms with Gasteiger partial charge in [-0.2, -0.15) is 12.6 Å². The molecule has 0 N–H and O–H groups in total. The molecule has 0 saturated heterocycles. The van der Waals surface area contributed by atoms with E-state index in [-0.39, 0.29) is 11.6 Å². The fourth-order valence-electron chi connectivity index (χ4n) is 1.19. The fourth-order valence-corrected chi connectivity index (χ4v) is 1.27. The molecule has 0 aliphatic heterocycles. The van der Waals surface area contributed by atoms with Gasteiger partial charge in [-0.25, -0.2) is 4.98 Å². The van der Waals surface area contributed by atoms with Crippen molar-refractivity contribution in [3.63, 3.8) is 0 Å². The molecule has 0 saturated carbocycles. The third-order valence-electron chi connectivity index (χ3n) is 1.95. The monoisotopic (exact) mass is 238 g/mol. The van der Waals surface area contributed by atoms with Gasteiger partial charge in [0.15, 0.2) is 0 Å². The van der Waals surface area contributed by atoms with Crippen LogP contribution in [0, 0.1) is 28.9 Å². The van der Waals surface area contributed by atoms with E-state index < -0.39 is 4.92 Å². The van der Waals surface area contributed by atoms with E-state index >= 15 is 0 Å². The highest BCUT2D eigenvalue weighted by Crippen LogP contribution is 2.29. The number of methoxy groups -OCH3 is 1. The molecule has 0 atom stereocenters. The van der Waals surface area contributed by atoms with Crippen molar-refractivity contribution in [3.8, 4) is 17.7 Å². The zero-order valence-electron chi connectivity index (χ0n) is 8.85. The summed E-state index contributed by atoms with van der Waals surface area (Å²) in [5.41, 5.74) is 0.821. The standard InChI is InChI=1S/C10H10N2O3S/c1-7-8(4-3-5-16)6-11-10(15-2)9(7)12(13)14/h6,16H,5H2,1-2H3. The number of hydrogen-bond acceptors (Lipinski definition) is 5. The van der Waals surface area contributed by atoms with Crippen molar-refractivity contribution in [2.75, 3.05) is 12.9 Å². The summed E-state index contributed by atoms with van der Waals surface area (Å²) in [6.45, 7) is 1.62. The Balaban J connectivity index is 3.37. The van der Waals surface area contributed by atoms with E-state index in [0.29, 0.717) is 16.9 Å². The van der Waals surface area contributed by atoms with E-state index in [1.165, 1.54) is 13.3 Å². The van der Waals surface area contributed by atoms with Crippen LogP contribution >= 0.6 is 12.6 Å². The third kappa shape index (κ3) is 2.44. The molecule has 0 radical (unpaired) electrons. The van der Waals surface area contributed by atoms with Gasteiger partial charge in [0, 0.05) is 11.8 Å². The Kier molecular flexibility index (Phi) is 4.14. The first-order valence-corrected chi connectivity index (χ1v) is 5.02. The largest absolute Gasteiger partial charge is 0.476 e. The van der Waals surface area contributed by atoms with Crippen molar-refractivity contribution in [1.82, 2.24) is 4.98 Å². The Morgan fingerprint density at radius 3 is 2.88 bits per heavy atom. The lowest BCUT2D eigenvalue weighted by atomic mass is 10.1. The molecule has 0 aliphatic rings. The molecule has 16 heavy (non-hydrogen) atoms. The summed E-state index contributed by atoms with van der Waals surface area (Å²) in [6.07, 6.45) is 1.46. The van der Waals surface area contributed by atoms with E-state index in [1.807, 2.05) is 0 Å². The van der Waals surface area contributed by atoms with Gasteiger partial charge >= 0.3 is 5.69 Å². The second-order valence-corrected chi connectivity index (χ2v) is 3.19. The molecule has 0 aliphatic carbocycles. The van der Waals surface area contributed by atoms with Crippen LogP contribution in [0.4, 0.5) is 5.69 Å². The van der Waals surface area contributed by atoms with Crippen LogP contribution in [-0.2, 0) is 0 Å². The molecule has 1 heterocycles. The Morgan fingerprint density at radius 1 is 1.69 bits per heavy atom. The first-order valence-electron chi connectivity index (χ1n) is 4.39. The Labute approximate surface area is 98.4 Å². The summed E-state index contributed by atoms with van der Waals surface area (Å²) in [6, 6.07) is 0. The van der Waals surface area contributed by atoms with Crippen molar-refractivity contribution in [2.45, 2.75) is 6.92 Å². The van der Waals surface area contributed by atoms with Crippen LogP contribution in [0.25, 0.3) is 0 Å². The SMILES string of the molecule is COc1ncc(C#CCS)c(C)c1[N+](=O)[O-]. The van der Waals surface area contributed by atoms with E-state index in [9.17, 15) is 10.1 Å². The molecule has 1 aromatic heterocycles. The van der Waals surface area contributed by atoms with Crippen LogP contribution < -0.4 is 4.74 Å². The normalized spacial score (nSPS) is 9.19. The van der Waals surface area contributed by atoms with Crippen molar-refractivity contribution in [2.24, 2.45) is 0 Å². The zero-order chi connectivity index (χ0) is 12.1. The molecule has 84 valence electrons. The van der Waals surface area contributed by atoms with Crippen LogP contribution in [0.2, 0.25) is 0 Å². The summed E-state index contributed by atoms with van der Waals surface area (Å²) >= 11 is 3.94. The summed E-state index contributed by atoms with van der Waals surface area (Å²) < 4.78 is 4.83. The first-order chi connectivity index (χ1) is 7.61. The minimum Gasteiger partial charge on any atom is -0.476 e. The molecular formula is C10H10N2O3S. The highest BCUT2D eigenvalue weighted by Gasteiger charge is 2.21. The lowest BCUT2D eigenvalue weighted by Gasteiger charge is -2.04. The van der Waals surface area contributed by atoms with Gasteiger partial charge in [-0.1, -0.05) is 11.8 Å². The van der Waals surface area contributed by atoms with Crippen molar-refractivity contribution in [3.05, 3.63) is 27.4 Å². The topological polar surface area (TPSA) is 65.3 Å². The molecule has 5 nitrogen and oxygen atoms in total. The van der Waals surface area contributed by atoms with E-state index in [1.54, 1.807) is 6.92 Å². The van der Waals surface area contributed by atoms with E-state index in [2.05, 4.69) is 29.5 Å². The highest BCUT2D eigenvalue weighted by atomic mass is 32.1. The number of nitrogens with zero attached hydrogens (tertiary/aromatic N) is 2. The fraction of sp³-hybridized carbons (Fsp3) is 0.300. The van der Waals surface area contributed by atoms with Crippen molar-refractivity contribution in [1.29, 1.82) is 0 Å². The average molecular weight is 238 g/mol. The van der Waals surface area contributed by atoms with Gasteiger partial charge in [0.25, 0.3) is 5.88 Å². The maximum Gasteiger partial charge on any atom is 0.335 e. The van der Waals surface area contributed by atoms with Crippen molar-refractivity contribution >= 4 is 18.3 Å². The molecule has 0 fully saturated rings. The molecule has 0 unspecified atom stereocenters. The smallest absolute Gasteiger partial charge is 0.335 e. The second-order valence-electron chi connectivity index (χ2n) is 2.87. The molecule has 1 aromatic rings. The van der Waals surface area contributed by atoms with Crippen LogP contribution in [0.15, 0.2) is 6.20 Å². The van der Waals surface area contributed by atoms with Gasteiger partial charge < -0.3 is 4.74 Å². The van der Waals surface area contributed by atoms with Gasteiger partial charge in [0.2, 0.25) is 0 Å². The summed E-state index contributed by atoms with van der Waals surface area (Å²) in [5, 5.41) is 10.8. The number of hydrogen-bond donors (Lipinski definition) is 1. The molecule has 0 spiro atoms. The van der Waals surface area contributed by atoms with Gasteiger partial charge in [-0.15, -0.1) is 0 Å². The number of aromatic nitrogens is 1. The Hall–Kier alpha value is -1.74. The molecule has 0 bridgehead atoms. The minimum absolute atomic E-state index is 0.000997. The summed E-state index contributed by atoms with van der Waals surface area (Å²) in [5.74, 6) is 5.87. The van der Waals surface area contributed by atoms with Crippen LogP contribution in [0.5, 0.6) is 5.88 Å². The predicted molar refractivity (Wildman–Crippen MR) is 62.9 cm³/mol. The maximum absolute atomic E-state index is 10.8. The number of thiol groups is 1. The molecule has 0 amide bonds. The number of ether oxygens (including phenoxy) is 1. The lowest BCUT2D eigenvalue weighted by molar-refractivity contribution is -0.386. The summed E-state index contributed by atoms with van der Waals surface area (Å²) in [7, 11) is 1.34. The minimum atomic E-state index is -0.521. The number of nitro groups is 1. The van der Waals surface area contributed by atoms with Crippen molar-refractivity contribution < 1.29 is 9.66 Å². The summed E-state index contributed by atoms with van der Waals surface area (Å²) in [4.78, 5) is 14.2. The van der Waals surface area contributed by atoms with Gasteiger partial charge in [-0.3, -0.25) is 10.1 Å². The van der Waals surface area contributed by atoms with Crippen LogP contribution in [-0.4, -0.2) is 22.8 Å². The molecule has 1 rings (SSSR count). The number of pyridine rings is 1. The van der Waals surface area contributed by atoms with E-state index in [0.717, 1.165) is 0 Å². The average Bonchev–Trinajstić information content (AvgIpc) is 2.26. The third-order valence-corrected chi connectivity index (χ3v) is 2.11. The van der Waals surface area contributed by atoms with Crippen LogP contribution in [0.1, 0.15) is 11.1 Å². The van der Waals surface area contributed by atoms with Gasteiger partial charge in [-0.05, 0) is 6.92 Å². The quantitative estimate of drug-likeness (QED) is 0.368. The number of rotatable bonds is 2. The first kappa shape index (κ1) is 12.3. The lowest BCUT2D eigenvalue weighted by Crippen LogP contribution is -2.00. The van der Waals surface area contributed by atoms with Crippen LogP contribution in [0.3, 0.4) is 0 Å². The highest BCUT2D eigenvalue weighted by molar-refractivity contribution is 7.80. The van der Waals surface area contributed by atoms with E-state index in [4.69, 9.17) is 4.74 Å². The molecule has 0 aromatic carbocycles. The second kappa shape index (κ2) is 5.37. The molecule has 6 heteroatoms.